The van der Waals surface area contributed by atoms with E-state index in [0.29, 0.717) is 15.9 Å². The lowest BCUT2D eigenvalue weighted by Crippen LogP contribution is -2.44. The molecular formula is C12H16BrN3O3. The highest BCUT2D eigenvalue weighted by Gasteiger charge is 2.26. The smallest absolute Gasteiger partial charge is 0.297 e. The molecule has 1 saturated heterocycles. The van der Waals surface area contributed by atoms with Crippen LogP contribution in [0.15, 0.2) is 16.6 Å². The monoisotopic (exact) mass is 329 g/mol. The minimum absolute atomic E-state index is 0.0794. The number of hydrogen-bond acceptors (Lipinski definition) is 5. The number of rotatable bonds is 3. The van der Waals surface area contributed by atoms with Crippen molar-refractivity contribution in [3.63, 3.8) is 0 Å². The Hall–Kier alpha value is -1.34. The first-order chi connectivity index (χ1) is 9.02. The molecule has 1 heterocycles. The molecule has 0 atom stereocenters. The zero-order chi connectivity index (χ0) is 14.0. The number of ether oxygens (including phenoxy) is 1. The summed E-state index contributed by atoms with van der Waals surface area (Å²) >= 11 is 3.42. The van der Waals surface area contributed by atoms with Gasteiger partial charge in [-0.25, -0.2) is 0 Å². The van der Waals surface area contributed by atoms with E-state index >= 15 is 0 Å². The molecule has 104 valence electrons. The Morgan fingerprint density at radius 1 is 1.32 bits per heavy atom. The van der Waals surface area contributed by atoms with E-state index in [1.165, 1.54) is 13.2 Å². The summed E-state index contributed by atoms with van der Waals surface area (Å²) in [6, 6.07) is 3.24. The van der Waals surface area contributed by atoms with Crippen LogP contribution in [0.4, 0.5) is 11.4 Å². The van der Waals surface area contributed by atoms with Gasteiger partial charge in [0.2, 0.25) is 0 Å². The molecule has 1 aliphatic rings. The maximum atomic E-state index is 11.2. The molecule has 0 spiro atoms. The zero-order valence-corrected chi connectivity index (χ0v) is 12.5. The van der Waals surface area contributed by atoms with Crippen molar-refractivity contribution in [3.05, 3.63) is 26.7 Å². The lowest BCUT2D eigenvalue weighted by atomic mass is 10.2. The zero-order valence-electron chi connectivity index (χ0n) is 10.9. The van der Waals surface area contributed by atoms with Gasteiger partial charge in [0.25, 0.3) is 5.69 Å². The Morgan fingerprint density at radius 2 is 1.95 bits per heavy atom. The topological polar surface area (TPSA) is 58.8 Å². The summed E-state index contributed by atoms with van der Waals surface area (Å²) in [5, 5.41) is 11.2. The summed E-state index contributed by atoms with van der Waals surface area (Å²) < 4.78 is 5.78. The van der Waals surface area contributed by atoms with Crippen LogP contribution in [-0.4, -0.2) is 50.2 Å². The normalized spacial score (nSPS) is 16.5. The molecule has 0 unspecified atom stereocenters. The predicted molar refractivity (Wildman–Crippen MR) is 77.1 cm³/mol. The molecule has 0 radical (unpaired) electrons. The van der Waals surface area contributed by atoms with Crippen LogP contribution in [0.1, 0.15) is 0 Å². The van der Waals surface area contributed by atoms with Gasteiger partial charge in [-0.2, -0.15) is 0 Å². The van der Waals surface area contributed by atoms with Crippen molar-refractivity contribution in [1.29, 1.82) is 0 Å². The summed E-state index contributed by atoms with van der Waals surface area (Å²) in [7, 11) is 3.55. The van der Waals surface area contributed by atoms with Gasteiger partial charge in [0.1, 0.15) is 11.4 Å². The van der Waals surface area contributed by atoms with Gasteiger partial charge in [0, 0.05) is 26.2 Å². The molecule has 0 N–H and O–H groups in total. The van der Waals surface area contributed by atoms with Crippen LogP contribution in [0.5, 0.6) is 5.75 Å². The van der Waals surface area contributed by atoms with Gasteiger partial charge in [-0.1, -0.05) is 0 Å². The highest BCUT2D eigenvalue weighted by molar-refractivity contribution is 9.10. The van der Waals surface area contributed by atoms with E-state index in [9.17, 15) is 10.1 Å². The van der Waals surface area contributed by atoms with Crippen LogP contribution in [0.25, 0.3) is 0 Å². The van der Waals surface area contributed by atoms with E-state index in [0.717, 1.165) is 26.2 Å². The number of piperazine rings is 1. The highest BCUT2D eigenvalue weighted by Crippen LogP contribution is 2.39. The highest BCUT2D eigenvalue weighted by atomic mass is 79.9. The first-order valence-electron chi connectivity index (χ1n) is 5.98. The van der Waals surface area contributed by atoms with Gasteiger partial charge in [0.05, 0.1) is 22.6 Å². The summed E-state index contributed by atoms with van der Waals surface area (Å²) in [5.74, 6) is 0.483. The van der Waals surface area contributed by atoms with Crippen molar-refractivity contribution in [2.75, 3.05) is 45.2 Å². The number of benzene rings is 1. The van der Waals surface area contributed by atoms with E-state index < -0.39 is 0 Å². The van der Waals surface area contributed by atoms with Crippen LogP contribution < -0.4 is 9.64 Å². The van der Waals surface area contributed by atoms with Crippen molar-refractivity contribution < 1.29 is 9.66 Å². The third-order valence-corrected chi connectivity index (χ3v) is 3.87. The van der Waals surface area contributed by atoms with Crippen LogP contribution in [0.2, 0.25) is 0 Å². The summed E-state index contributed by atoms with van der Waals surface area (Å²) in [5.41, 5.74) is 0.717. The number of anilines is 1. The molecule has 6 nitrogen and oxygen atoms in total. The minimum Gasteiger partial charge on any atom is -0.496 e. The van der Waals surface area contributed by atoms with Gasteiger partial charge >= 0.3 is 0 Å². The molecular weight excluding hydrogens is 314 g/mol. The molecule has 2 rings (SSSR count). The van der Waals surface area contributed by atoms with E-state index in [-0.39, 0.29) is 10.6 Å². The fourth-order valence-corrected chi connectivity index (χ4v) is 2.84. The summed E-state index contributed by atoms with van der Waals surface area (Å²) in [4.78, 5) is 15.1. The molecule has 1 fully saturated rings. The Kier molecular flexibility index (Phi) is 4.26. The van der Waals surface area contributed by atoms with Crippen molar-refractivity contribution >= 4 is 27.3 Å². The van der Waals surface area contributed by atoms with Gasteiger partial charge < -0.3 is 14.5 Å². The van der Waals surface area contributed by atoms with Gasteiger partial charge in [0.15, 0.2) is 0 Å². The number of nitrogens with zero attached hydrogens (tertiary/aromatic N) is 3. The Morgan fingerprint density at radius 3 is 2.47 bits per heavy atom. The second kappa shape index (κ2) is 5.75. The molecule has 1 aliphatic heterocycles. The maximum absolute atomic E-state index is 11.2. The molecule has 19 heavy (non-hydrogen) atoms. The molecule has 1 aromatic rings. The average Bonchev–Trinajstić information content (AvgIpc) is 2.39. The first-order valence-corrected chi connectivity index (χ1v) is 6.77. The molecule has 1 aromatic carbocycles. The van der Waals surface area contributed by atoms with Crippen molar-refractivity contribution in [1.82, 2.24) is 4.90 Å². The quantitative estimate of drug-likeness (QED) is 0.628. The Balaban J connectivity index is 2.40. The molecule has 0 aromatic heterocycles. The third kappa shape index (κ3) is 2.98. The standard InChI is InChI=1S/C12H16BrN3O3/c1-14-3-5-15(6-4-14)12-10(13)7-9(19-2)8-11(12)16(17)18/h7-8H,3-6H2,1-2H3. The number of methoxy groups -OCH3 is 1. The molecule has 0 aliphatic carbocycles. The van der Waals surface area contributed by atoms with Gasteiger partial charge in [-0.05, 0) is 29.0 Å². The number of hydrogen-bond donors (Lipinski definition) is 0. The van der Waals surface area contributed by atoms with Crippen LogP contribution in [-0.2, 0) is 0 Å². The predicted octanol–water partition coefficient (Wildman–Crippen LogP) is 2.12. The van der Waals surface area contributed by atoms with Gasteiger partial charge in [-0.15, -0.1) is 0 Å². The second-order valence-electron chi connectivity index (χ2n) is 4.52. The lowest BCUT2D eigenvalue weighted by molar-refractivity contribution is -0.384. The fourth-order valence-electron chi connectivity index (χ4n) is 2.16. The van der Waals surface area contributed by atoms with Crippen LogP contribution >= 0.6 is 15.9 Å². The van der Waals surface area contributed by atoms with E-state index in [1.807, 2.05) is 4.90 Å². The van der Waals surface area contributed by atoms with E-state index in [2.05, 4.69) is 27.9 Å². The summed E-state index contributed by atoms with van der Waals surface area (Å²) in [6.07, 6.45) is 0. The lowest BCUT2D eigenvalue weighted by Gasteiger charge is -2.34. The molecule has 0 bridgehead atoms. The molecule has 7 heteroatoms. The second-order valence-corrected chi connectivity index (χ2v) is 5.38. The fraction of sp³-hybridized carbons (Fsp3) is 0.500. The van der Waals surface area contributed by atoms with Gasteiger partial charge in [-0.3, -0.25) is 10.1 Å². The van der Waals surface area contributed by atoms with Crippen molar-refractivity contribution in [2.24, 2.45) is 0 Å². The Labute approximate surface area is 120 Å². The van der Waals surface area contributed by atoms with E-state index in [4.69, 9.17) is 4.74 Å². The number of nitro groups is 1. The molecule has 0 amide bonds. The Bertz CT molecular complexity index is 487. The number of halogens is 1. The largest absolute Gasteiger partial charge is 0.496 e. The average molecular weight is 330 g/mol. The number of likely N-dealkylation sites (N-methyl/N-ethyl adjacent to an activating group) is 1. The summed E-state index contributed by atoms with van der Waals surface area (Å²) in [6.45, 7) is 3.36. The maximum Gasteiger partial charge on any atom is 0.297 e. The third-order valence-electron chi connectivity index (χ3n) is 3.27. The van der Waals surface area contributed by atoms with E-state index in [1.54, 1.807) is 6.07 Å². The van der Waals surface area contributed by atoms with Crippen LogP contribution in [0, 0.1) is 10.1 Å². The first kappa shape index (κ1) is 14.1. The molecule has 0 saturated carbocycles. The van der Waals surface area contributed by atoms with Crippen LogP contribution in [0.3, 0.4) is 0 Å². The minimum atomic E-state index is -0.360. The number of nitro benzene ring substituents is 1. The van der Waals surface area contributed by atoms with Crippen molar-refractivity contribution in [3.8, 4) is 5.75 Å². The SMILES string of the molecule is COc1cc(Br)c(N2CCN(C)CC2)c([N+](=O)[O-])c1. The van der Waals surface area contributed by atoms with Crippen molar-refractivity contribution in [2.45, 2.75) is 0 Å².